The van der Waals surface area contributed by atoms with Crippen molar-refractivity contribution in [2.75, 3.05) is 14.1 Å². The molecule has 0 aliphatic heterocycles. The van der Waals surface area contributed by atoms with Crippen LogP contribution in [0.2, 0.25) is 0 Å². The Morgan fingerprint density at radius 1 is 0.727 bits per heavy atom. The van der Waals surface area contributed by atoms with Crippen molar-refractivity contribution in [3.05, 3.63) is 35.9 Å². The Hall–Kier alpha value is -1.11. The van der Waals surface area contributed by atoms with Crippen molar-refractivity contribution >= 4 is 5.71 Å². The Bertz CT molecular complexity index is 401. The van der Waals surface area contributed by atoms with Gasteiger partial charge in [-0.05, 0) is 18.6 Å². The molecule has 0 fully saturated rings. The van der Waals surface area contributed by atoms with E-state index in [2.05, 4.69) is 55.9 Å². The fourth-order valence-electron chi connectivity index (χ4n) is 3.04. The Morgan fingerprint density at radius 3 is 1.73 bits per heavy atom. The van der Waals surface area contributed by atoms with Gasteiger partial charge in [0, 0.05) is 12.0 Å². The van der Waals surface area contributed by atoms with E-state index in [4.69, 9.17) is 0 Å². The van der Waals surface area contributed by atoms with Gasteiger partial charge >= 0.3 is 0 Å². The molecule has 0 atom stereocenters. The van der Waals surface area contributed by atoms with E-state index in [9.17, 15) is 0 Å². The van der Waals surface area contributed by atoms with E-state index in [1.54, 1.807) is 0 Å². The van der Waals surface area contributed by atoms with Crippen LogP contribution >= 0.6 is 0 Å². The van der Waals surface area contributed by atoms with Gasteiger partial charge in [0.1, 0.15) is 14.1 Å². The fourth-order valence-corrected chi connectivity index (χ4v) is 3.04. The molecule has 1 aromatic rings. The molecule has 0 aromatic heterocycles. The van der Waals surface area contributed by atoms with Gasteiger partial charge in [0.05, 0.1) is 0 Å². The maximum Gasteiger partial charge on any atom is 0.182 e. The lowest BCUT2D eigenvalue weighted by Crippen LogP contribution is -2.14. The SMILES string of the molecule is CCCCCCCCCCCCC(c1ccccc1)=[N+](C)C. The van der Waals surface area contributed by atoms with Crippen LogP contribution in [0.3, 0.4) is 0 Å². The highest BCUT2D eigenvalue weighted by Crippen LogP contribution is 2.13. The predicted octanol–water partition coefficient (Wildman–Crippen LogP) is 6.06. The van der Waals surface area contributed by atoms with Crippen molar-refractivity contribution in [2.24, 2.45) is 0 Å². The van der Waals surface area contributed by atoms with Crippen LogP contribution in [0.4, 0.5) is 0 Å². The van der Waals surface area contributed by atoms with Crippen molar-refractivity contribution in [1.82, 2.24) is 0 Å². The topological polar surface area (TPSA) is 3.01 Å². The first kappa shape index (κ1) is 18.9. The molecule has 0 saturated carbocycles. The normalized spacial score (nSPS) is 10.7. The first-order chi connectivity index (χ1) is 10.8. The predicted molar refractivity (Wildman–Crippen MR) is 99.1 cm³/mol. The van der Waals surface area contributed by atoms with Gasteiger partial charge in [-0.1, -0.05) is 82.9 Å². The minimum absolute atomic E-state index is 1.20. The summed E-state index contributed by atoms with van der Waals surface area (Å²) >= 11 is 0. The molecule has 0 bridgehead atoms. The van der Waals surface area contributed by atoms with Gasteiger partial charge in [0.15, 0.2) is 5.71 Å². The van der Waals surface area contributed by atoms with Gasteiger partial charge in [-0.3, -0.25) is 0 Å². The molecule has 22 heavy (non-hydrogen) atoms. The highest BCUT2D eigenvalue weighted by molar-refractivity contribution is 5.96. The van der Waals surface area contributed by atoms with Crippen molar-refractivity contribution in [1.29, 1.82) is 0 Å². The fraction of sp³-hybridized carbons (Fsp3) is 0.667. The molecule has 0 heterocycles. The average molecular weight is 303 g/mol. The lowest BCUT2D eigenvalue weighted by molar-refractivity contribution is -0.465. The van der Waals surface area contributed by atoms with Gasteiger partial charge in [0.2, 0.25) is 0 Å². The van der Waals surface area contributed by atoms with Crippen LogP contribution in [0.15, 0.2) is 30.3 Å². The summed E-state index contributed by atoms with van der Waals surface area (Å²) in [6, 6.07) is 10.8. The maximum atomic E-state index is 2.29. The summed E-state index contributed by atoms with van der Waals surface area (Å²) in [6.07, 6.45) is 15.3. The highest BCUT2D eigenvalue weighted by Gasteiger charge is 2.10. The molecule has 0 aliphatic carbocycles. The van der Waals surface area contributed by atoms with Gasteiger partial charge in [-0.15, -0.1) is 0 Å². The Labute approximate surface area is 138 Å². The lowest BCUT2D eigenvalue weighted by atomic mass is 10.0. The molecule has 0 unspecified atom stereocenters. The number of hydrogen-bond donors (Lipinski definition) is 0. The van der Waals surface area contributed by atoms with E-state index in [1.165, 1.54) is 81.9 Å². The molecule has 1 aromatic carbocycles. The summed E-state index contributed by atoms with van der Waals surface area (Å²) in [6.45, 7) is 2.29. The molecule has 1 nitrogen and oxygen atoms in total. The quantitative estimate of drug-likeness (QED) is 0.251. The minimum atomic E-state index is 1.20. The van der Waals surface area contributed by atoms with E-state index in [-0.39, 0.29) is 0 Å². The van der Waals surface area contributed by atoms with Crippen molar-refractivity contribution < 1.29 is 4.58 Å². The summed E-state index contributed by atoms with van der Waals surface area (Å²) < 4.78 is 2.28. The molecule has 124 valence electrons. The number of unbranched alkanes of at least 4 members (excludes halogenated alkanes) is 9. The van der Waals surface area contributed by atoms with Gasteiger partial charge in [-0.2, -0.15) is 0 Å². The molecule has 1 heteroatoms. The third-order valence-corrected chi connectivity index (χ3v) is 4.41. The second kappa shape index (κ2) is 12.4. The van der Waals surface area contributed by atoms with Gasteiger partial charge in [-0.25, -0.2) is 4.58 Å². The number of nitrogens with zero attached hydrogens (tertiary/aromatic N) is 1. The molecule has 0 spiro atoms. The maximum absolute atomic E-state index is 2.29. The molecular formula is C21H36N+. The van der Waals surface area contributed by atoms with Crippen LogP contribution in [-0.2, 0) is 0 Å². The summed E-state index contributed by atoms with van der Waals surface area (Å²) in [5.74, 6) is 0. The monoisotopic (exact) mass is 302 g/mol. The molecule has 0 N–H and O–H groups in total. The van der Waals surface area contributed by atoms with Crippen LogP contribution in [0.25, 0.3) is 0 Å². The number of hydrogen-bond acceptors (Lipinski definition) is 0. The summed E-state index contributed by atoms with van der Waals surface area (Å²) in [7, 11) is 4.33. The Morgan fingerprint density at radius 2 is 1.23 bits per heavy atom. The average Bonchev–Trinajstić information content (AvgIpc) is 2.53. The van der Waals surface area contributed by atoms with Crippen molar-refractivity contribution in [3.63, 3.8) is 0 Å². The summed E-state index contributed by atoms with van der Waals surface area (Å²) in [5.41, 5.74) is 2.85. The van der Waals surface area contributed by atoms with Crippen LogP contribution in [0.5, 0.6) is 0 Å². The highest BCUT2D eigenvalue weighted by atomic mass is 14.9. The first-order valence-corrected chi connectivity index (χ1v) is 9.34. The first-order valence-electron chi connectivity index (χ1n) is 9.34. The third-order valence-electron chi connectivity index (χ3n) is 4.41. The van der Waals surface area contributed by atoms with Crippen molar-refractivity contribution in [2.45, 2.75) is 77.6 Å². The van der Waals surface area contributed by atoms with Crippen LogP contribution in [0, 0.1) is 0 Å². The van der Waals surface area contributed by atoms with Gasteiger partial charge in [0.25, 0.3) is 0 Å². The molecule has 0 radical (unpaired) electrons. The van der Waals surface area contributed by atoms with Crippen molar-refractivity contribution in [3.8, 4) is 0 Å². The molecular weight excluding hydrogens is 266 g/mol. The summed E-state index contributed by atoms with van der Waals surface area (Å²) in [4.78, 5) is 0. The standard InChI is InChI=1S/C21H36N/c1-4-5-6-7-8-9-10-11-12-16-19-21(22(2)3)20-17-14-13-15-18-20/h13-15,17-18H,4-12,16,19H2,1-3H3/q+1. The zero-order chi connectivity index (χ0) is 16.0. The largest absolute Gasteiger partial charge is 0.238 e. The number of benzene rings is 1. The molecule has 0 saturated heterocycles. The van der Waals surface area contributed by atoms with Gasteiger partial charge < -0.3 is 0 Å². The van der Waals surface area contributed by atoms with Crippen LogP contribution < -0.4 is 0 Å². The minimum Gasteiger partial charge on any atom is -0.238 e. The third kappa shape index (κ3) is 8.36. The Balaban J connectivity index is 2.12. The number of rotatable bonds is 12. The van der Waals surface area contributed by atoms with E-state index in [1.807, 2.05) is 0 Å². The van der Waals surface area contributed by atoms with Crippen LogP contribution in [-0.4, -0.2) is 24.4 Å². The molecule has 1 rings (SSSR count). The zero-order valence-corrected chi connectivity index (χ0v) is 15.1. The van der Waals surface area contributed by atoms with E-state index >= 15 is 0 Å². The zero-order valence-electron chi connectivity index (χ0n) is 15.1. The second-order valence-electron chi connectivity index (χ2n) is 6.64. The Kier molecular flexibility index (Phi) is 10.7. The summed E-state index contributed by atoms with van der Waals surface area (Å²) in [5, 5.41) is 0. The molecule has 0 aliphatic rings. The molecule has 0 amide bonds. The van der Waals surface area contributed by atoms with Crippen LogP contribution in [0.1, 0.15) is 83.1 Å². The smallest absolute Gasteiger partial charge is 0.182 e. The van der Waals surface area contributed by atoms with E-state index < -0.39 is 0 Å². The van der Waals surface area contributed by atoms with E-state index in [0.29, 0.717) is 0 Å². The second-order valence-corrected chi connectivity index (χ2v) is 6.64. The van der Waals surface area contributed by atoms with E-state index in [0.717, 1.165) is 0 Å². The lowest BCUT2D eigenvalue weighted by Gasteiger charge is -2.05.